The Hall–Kier alpha value is 5.82. The molecule has 34 heteroatoms. The summed E-state index contributed by atoms with van der Waals surface area (Å²) in [6.45, 7) is 27.6. The molecule has 0 unspecified atom stereocenters. The van der Waals surface area contributed by atoms with Crippen molar-refractivity contribution < 1.29 is 388 Å². The standard InChI is InChI=1S/C25H38O8S2.C23H36O9.C23H36O8.CH3I.6Ac/c1-12-9-22(4,5)25(31,10-16(12)28)20(33-14(3)27)18-23(6,19(29)13(2)26)15(21(34)35-7)8-17-24(18,30)11-32-17;1-11-8-20(4,5)23(30,9-14(11)26)19(32-13(3)25)17-21(6,18(28)12(2)24)15(27)7-16-22(17,29)10-31-16;1-12-9-20(4,5)23(29,10-15(12)26)19(31-14(3)25)17-21(6,18(27)13(2)24)8-7-16-22(17,28)11-30-16;1-2;;;;;;/h9,13,15-18,20,26,28,30-31H,8,10-11H2,1-7H3;8,12,14-17,19,24,26-27,29-30H,7,9-10H2,1-6H3;9,13,15-17,19,24,26,28-29H,7-8,10-11H2,1-6H3;1H3;;;;;;/t13-,15-,16+,17-,18+,20+,23-,24+,25-;12-,14+,15+,16-,17+,19+,21-,22+,23-;13-,15+,16-,17+,19+,21-,22+,23-;;;;;;;/m111......./s1. The van der Waals surface area contributed by atoms with Crippen LogP contribution in [0.1, 0.15) is 170 Å². The molecule has 3 heterocycles. The van der Waals surface area contributed by atoms with E-state index in [0.717, 1.165) is 6.92 Å². The number of fused-ring (bicyclic) bond motifs is 3. The Labute approximate surface area is 863 Å². The number of ketones is 3. The molecule has 3 aliphatic heterocycles. The Morgan fingerprint density at radius 3 is 1.06 bits per heavy atom. The fourth-order valence-corrected chi connectivity index (χ4v) is 19.7. The molecule has 13 N–H and O–H groups in total. The molecule has 588 valence electrons. The van der Waals surface area contributed by atoms with Crippen LogP contribution >= 0.6 is 46.6 Å². The van der Waals surface area contributed by atoms with Gasteiger partial charge in [-0.2, -0.15) is 0 Å². The third-order valence-corrected chi connectivity index (χ3v) is 26.2. The molecule has 106 heavy (non-hydrogen) atoms. The zero-order valence-corrected chi connectivity index (χ0v) is 97.3. The normalized spacial score (nSPS) is 40.3. The van der Waals surface area contributed by atoms with Gasteiger partial charge in [-0.15, -0.1) is 11.8 Å². The molecule has 0 aromatic rings. The van der Waals surface area contributed by atoms with Gasteiger partial charge in [-0.05, 0) is 95.6 Å². The number of thiocarbonyl (C=S) groups is 1. The van der Waals surface area contributed by atoms with Crippen LogP contribution in [-0.4, -0.2) is 250 Å². The molecule has 9 aliphatic rings. The molecular weight excluding hydrogens is 2820 g/mol. The van der Waals surface area contributed by atoms with Crippen LogP contribution in [-0.2, 0) is 57.2 Å². The maximum Gasteiger partial charge on any atom is 0.303 e. The number of rotatable bonds is 16. The first kappa shape index (κ1) is 112. The molecule has 26 atom stereocenters. The summed E-state index contributed by atoms with van der Waals surface area (Å²) < 4.78 is 34.4. The second-order valence-corrected chi connectivity index (χ2v) is 33.9. The molecule has 3 saturated heterocycles. The molecule has 6 radical (unpaired) electrons. The van der Waals surface area contributed by atoms with E-state index >= 15 is 0 Å². The summed E-state index contributed by atoms with van der Waals surface area (Å²) >= 11 is 9.09. The van der Waals surface area contributed by atoms with Crippen molar-refractivity contribution in [1.29, 1.82) is 0 Å². The van der Waals surface area contributed by atoms with E-state index in [1.165, 1.54) is 53.3 Å². The number of carbonyl (C=O) groups is 6. The van der Waals surface area contributed by atoms with Crippen molar-refractivity contribution in [2.45, 2.75) is 283 Å². The van der Waals surface area contributed by atoms with Gasteiger partial charge in [0.15, 0.2) is 17.3 Å². The first-order chi connectivity index (χ1) is 45.6. The van der Waals surface area contributed by atoms with Gasteiger partial charge in [-0.1, -0.05) is 108 Å². The van der Waals surface area contributed by atoms with Gasteiger partial charge < -0.3 is 94.8 Å². The number of ether oxygens (including phenoxy) is 6. The van der Waals surface area contributed by atoms with Crippen LogP contribution in [0.4, 0.5) is 0 Å². The van der Waals surface area contributed by atoms with Crippen molar-refractivity contribution in [2.75, 3.05) is 31.0 Å². The van der Waals surface area contributed by atoms with E-state index in [1.807, 2.05) is 4.93 Å². The van der Waals surface area contributed by atoms with E-state index in [0.29, 0.717) is 33.8 Å². The molecule has 3 saturated carbocycles. The van der Waals surface area contributed by atoms with Crippen molar-refractivity contribution in [3.05, 3.63) is 34.9 Å². The van der Waals surface area contributed by atoms with Gasteiger partial charge in [-0.25, -0.2) is 0 Å². The summed E-state index contributed by atoms with van der Waals surface area (Å²) in [6.07, 6.45) is -7.54. The van der Waals surface area contributed by atoms with E-state index in [-0.39, 0.29) is 316 Å². The maximum atomic E-state index is 13.8. The average molecular weight is 2930 g/mol. The second-order valence-electron chi connectivity index (χ2n) is 32.4. The van der Waals surface area contributed by atoms with Crippen LogP contribution in [0.5, 0.6) is 0 Å². The number of esters is 3. The number of Topliss-reactive ketones (excluding diaryl/α,β-unsaturated/α-hetero) is 3. The van der Waals surface area contributed by atoms with Gasteiger partial charge in [0.05, 0.1) is 72.2 Å². The molecule has 6 aliphatic carbocycles. The summed E-state index contributed by atoms with van der Waals surface area (Å²) in [5.41, 5.74) is -16.0. The number of hydrogen-bond acceptors (Lipinski definition) is 27. The van der Waals surface area contributed by atoms with Gasteiger partial charge in [0.25, 0.3) is 0 Å². The quantitative estimate of drug-likeness (QED) is 0.0262. The summed E-state index contributed by atoms with van der Waals surface area (Å²) in [7, 11) is 0. The van der Waals surface area contributed by atoms with Crippen molar-refractivity contribution in [3.63, 3.8) is 0 Å². The van der Waals surface area contributed by atoms with Crippen LogP contribution in [0.25, 0.3) is 0 Å². The van der Waals surface area contributed by atoms with Gasteiger partial charge in [0.1, 0.15) is 70.2 Å². The summed E-state index contributed by atoms with van der Waals surface area (Å²) in [6, 6.07) is 0. The first-order valence-corrected chi connectivity index (χ1v) is 38.0. The number of aliphatic hydroxyl groups excluding tert-OH is 7. The zero-order chi connectivity index (χ0) is 76.7. The van der Waals surface area contributed by atoms with Crippen molar-refractivity contribution in [3.8, 4) is 0 Å². The van der Waals surface area contributed by atoms with E-state index in [9.17, 15) is 95.2 Å². The van der Waals surface area contributed by atoms with Gasteiger partial charge in [0.2, 0.25) is 0 Å². The Morgan fingerprint density at radius 1 is 0.491 bits per heavy atom. The molecular formula is C72H113Ac6IO25S2. The molecule has 0 spiro atoms. The van der Waals surface area contributed by atoms with Crippen LogP contribution in [0.3, 0.4) is 0 Å². The topological polar surface area (TPSA) is 421 Å². The molecule has 0 bridgehead atoms. The van der Waals surface area contributed by atoms with Gasteiger partial charge in [0, 0.05) is 362 Å². The SMILES string of the molecule is CC(=O)O[C@@H]([C@@H]1[C@]2(O)CO[C@@H]2CC[C@@]1(C)C(=O)[C@@H](C)O)[C@]1(O)C[C@H](O)C(C)=CC1(C)C.CC(=O)O[C@@H]([C@@H]1[C@]2(O)CO[C@@H]2C[C@H](O)[C@@]1(C)C(=O)[C@@H](C)O)[C@]1(O)C[C@H](O)C(C)=CC1(C)C.CI.CSC(=S)[C@H]1C[C@H]2OC[C@@]2(O)[C@@H]([C@H](OC(C)=O)[C@]2(O)C[C@H](O)C(C)=CC2(C)C)[C@]1(C)C(=O)[C@@H](C)O.[Ac].[Ac].[Ac].[Ac].[Ac].[Ac]. The Balaban J connectivity index is 0.00000150. The molecule has 9 rings (SSSR count). The smallest absolute Gasteiger partial charge is 0.303 e. The fourth-order valence-electron chi connectivity index (χ4n) is 18.7. The first-order valence-electron chi connectivity index (χ1n) is 34.2. The Bertz CT molecular complexity index is 3240. The number of carbonyl (C=O) groups excluding carboxylic acids is 6. The Morgan fingerprint density at radius 2 is 0.774 bits per heavy atom. The summed E-state index contributed by atoms with van der Waals surface area (Å²) in [4.78, 5) is 79.1. The predicted octanol–water partition coefficient (Wildman–Crippen LogP) is 3.59. The zero-order valence-electron chi connectivity index (χ0n) is 65.0. The van der Waals surface area contributed by atoms with Crippen LogP contribution < -0.4 is 0 Å². The van der Waals surface area contributed by atoms with Crippen molar-refractivity contribution in [2.24, 2.45) is 56.2 Å². The van der Waals surface area contributed by atoms with Crippen LogP contribution in [0.15, 0.2) is 34.9 Å². The van der Waals surface area contributed by atoms with E-state index in [4.69, 9.17) is 40.6 Å². The number of hydrogen-bond donors (Lipinski definition) is 13. The average Bonchev–Trinajstić information content (AvgIpc) is 0.694. The maximum absolute atomic E-state index is 13.8. The van der Waals surface area contributed by atoms with E-state index in [2.05, 4.69) is 22.6 Å². The fraction of sp³-hybridized carbons (Fsp3) is 0.819. The minimum Gasteiger partial charge on any atom is -0.459 e. The van der Waals surface area contributed by atoms with Gasteiger partial charge in [-0.3, -0.25) is 28.8 Å². The molecule has 0 amide bonds. The molecule has 0 aromatic carbocycles. The predicted molar refractivity (Wildman–Crippen MR) is 379 cm³/mol. The minimum absolute atomic E-state index is 0. The van der Waals surface area contributed by atoms with E-state index < -0.39 is 204 Å². The molecule has 6 fully saturated rings. The van der Waals surface area contributed by atoms with E-state index in [1.54, 1.807) is 101 Å². The number of halogens is 1. The van der Waals surface area contributed by atoms with Crippen molar-refractivity contribution >= 4 is 86.0 Å². The molecule has 25 nitrogen and oxygen atoms in total. The number of thioether (sulfide) groups is 1. The minimum atomic E-state index is -1.91. The third kappa shape index (κ3) is 20.7. The number of alkyl halides is 1. The monoisotopic (exact) mass is 2930 g/mol. The van der Waals surface area contributed by atoms with Crippen LogP contribution in [0, 0.1) is 321 Å². The van der Waals surface area contributed by atoms with Crippen molar-refractivity contribution in [1.82, 2.24) is 0 Å². The Kier molecular flexibility index (Phi) is 44.1. The van der Waals surface area contributed by atoms with Gasteiger partial charge >= 0.3 is 17.9 Å². The number of aliphatic hydroxyl groups is 13. The third-order valence-electron chi connectivity index (χ3n) is 24.7. The van der Waals surface area contributed by atoms with Crippen LogP contribution in [0.2, 0.25) is 0 Å². The summed E-state index contributed by atoms with van der Waals surface area (Å²) in [5, 5.41) is 145. The largest absolute Gasteiger partial charge is 0.459 e. The second kappa shape index (κ2) is 41.8. The molecule has 0 aromatic heterocycles. The summed E-state index contributed by atoms with van der Waals surface area (Å²) in [5.74, 6) is -8.07.